The van der Waals surface area contributed by atoms with Gasteiger partial charge in [0.25, 0.3) is 0 Å². The maximum atomic E-state index is 8.55. The van der Waals surface area contributed by atoms with Gasteiger partial charge in [0.05, 0.1) is 0 Å². The van der Waals surface area contributed by atoms with Crippen molar-refractivity contribution in [3.8, 4) is 0 Å². The van der Waals surface area contributed by atoms with Crippen LogP contribution in [-0.2, 0) is 27.7 Å². The molecule has 0 saturated carbocycles. The third kappa shape index (κ3) is 390. The summed E-state index contributed by atoms with van der Waals surface area (Å²) >= 11 is 0.333. The summed E-state index contributed by atoms with van der Waals surface area (Å²) < 4.78 is 16.9. The van der Waals surface area contributed by atoms with Gasteiger partial charge in [0, 0.05) is 0 Å². The van der Waals surface area contributed by atoms with E-state index in [4.69, 9.17) is 22.6 Å². The summed E-state index contributed by atoms with van der Waals surface area (Å²) in [6.07, 6.45) is 0. The molecule has 0 atom stereocenters. The molecule has 0 aromatic heterocycles. The molecule has 0 spiro atoms. The molecule has 0 amide bonds. The van der Waals surface area contributed by atoms with Gasteiger partial charge < -0.3 is 19.2 Å². The predicted molar refractivity (Wildman–Crippen MR) is 8.29 cm³/mol. The van der Waals surface area contributed by atoms with E-state index >= 15 is 0 Å². The second-order valence-electron chi connectivity index (χ2n) is 0.447. The zero-order chi connectivity index (χ0) is 6.50. The normalized spacial score (nSPS) is 9.29. The van der Waals surface area contributed by atoms with Crippen LogP contribution in [0.2, 0.25) is 0 Å². The molecule has 0 fully saturated rings. The predicted octanol–water partition coefficient (Wildman–Crippen LogP) is -2.95. The van der Waals surface area contributed by atoms with E-state index in [1.807, 2.05) is 0 Å². The van der Waals surface area contributed by atoms with Crippen LogP contribution >= 0.6 is 7.82 Å². The van der Waals surface area contributed by atoms with Crippen molar-refractivity contribution in [1.82, 2.24) is 0 Å². The third-order valence-corrected chi connectivity index (χ3v) is 0. The summed E-state index contributed by atoms with van der Waals surface area (Å²) in [4.78, 5) is 25.6. The van der Waals surface area contributed by atoms with Gasteiger partial charge in [-0.2, -0.15) is 7.82 Å². The molecule has 41 valence electrons. The maximum absolute atomic E-state index is 8.55. The Morgan fingerprint density at radius 2 is 1.14 bits per heavy atom. The summed E-state index contributed by atoms with van der Waals surface area (Å²) in [6.45, 7) is 0. The number of hydrogen-bond donors (Lipinski definition) is 0. The molecule has 0 bridgehead atoms. The van der Waals surface area contributed by atoms with Crippen molar-refractivity contribution in [2.45, 2.75) is 0 Å². The van der Waals surface area contributed by atoms with E-state index in [1.54, 1.807) is 0 Å². The van der Waals surface area contributed by atoms with E-state index in [9.17, 15) is 0 Å². The Kier molecular flexibility index (Phi) is 7.16. The minimum absolute atomic E-state index is 0.333. The second-order valence-corrected chi connectivity index (χ2v) is 1.34. The average Bonchev–Trinajstić information content (AvgIpc) is 1.36. The van der Waals surface area contributed by atoms with E-state index < -0.39 is 7.82 Å². The van der Waals surface area contributed by atoms with Gasteiger partial charge in [-0.25, -0.2) is 0 Å². The number of hydrogen-bond acceptors (Lipinski definition) is 5. The zero-order valence-corrected chi connectivity index (χ0v) is 6.72. The molecule has 0 aliphatic rings. The van der Waals surface area contributed by atoms with Crippen LogP contribution in [0.3, 0.4) is 0 Å². The van der Waals surface area contributed by atoms with Crippen molar-refractivity contribution in [2.75, 3.05) is 0 Å². The quantitative estimate of drug-likeness (QED) is 0.445. The van der Waals surface area contributed by atoms with Gasteiger partial charge in [0.1, 0.15) is 0 Å². The summed E-state index contributed by atoms with van der Waals surface area (Å²) in [7, 11) is -5.39. The molecule has 0 aromatic rings. The van der Waals surface area contributed by atoms with E-state index in [-0.39, 0.29) is 0 Å². The van der Waals surface area contributed by atoms with E-state index in [2.05, 4.69) is 0 Å². The molecule has 0 radical (unpaired) electrons. The van der Waals surface area contributed by atoms with Gasteiger partial charge in [-0.1, -0.05) is 0 Å². The van der Waals surface area contributed by atoms with Crippen LogP contribution in [0, 0.1) is 0 Å². The van der Waals surface area contributed by atoms with Crippen molar-refractivity contribution in [2.24, 2.45) is 0 Å². The molecule has 7 heteroatoms. The van der Waals surface area contributed by atoms with Crippen LogP contribution in [0.25, 0.3) is 0 Å². The first-order valence-electron chi connectivity index (χ1n) is 0.897. The summed E-state index contributed by atoms with van der Waals surface area (Å²) in [5.74, 6) is 0. The Morgan fingerprint density at radius 1 is 1.14 bits per heavy atom. The Balaban J connectivity index is 0. The Morgan fingerprint density at radius 3 is 1.14 bits per heavy atom. The second kappa shape index (κ2) is 4.75. The van der Waals surface area contributed by atoms with Crippen molar-refractivity contribution in [3.63, 3.8) is 0 Å². The third-order valence-electron chi connectivity index (χ3n) is 0. The van der Waals surface area contributed by atoms with Gasteiger partial charge in [0.15, 0.2) is 0 Å². The molecular formula is O5PW. The van der Waals surface area contributed by atoms with Gasteiger partial charge in [0.2, 0.25) is 0 Å². The fraction of sp³-hybridized carbons (Fsp3) is 0. The van der Waals surface area contributed by atoms with Crippen LogP contribution in [0.4, 0.5) is 0 Å². The Hall–Kier alpha value is 0.598. The molecule has 0 rings (SSSR count). The van der Waals surface area contributed by atoms with Crippen molar-refractivity contribution < 1.29 is 42.4 Å². The van der Waals surface area contributed by atoms with E-state index in [1.165, 1.54) is 0 Å². The monoisotopic (exact) mass is 295 g/mol. The van der Waals surface area contributed by atoms with Gasteiger partial charge in [-0.05, 0) is 0 Å². The molecule has 0 heterocycles. The van der Waals surface area contributed by atoms with E-state index in [0.29, 0.717) is 19.8 Å². The van der Waals surface area contributed by atoms with Crippen LogP contribution in [0.5, 0.6) is 0 Å². The number of phosphoric acid groups is 1. The Bertz CT molecular complexity index is 63.9. The van der Waals surface area contributed by atoms with Crippen molar-refractivity contribution in [3.05, 3.63) is 0 Å². The SMILES string of the molecule is O=P([O-])([O-])[O-].[O]=[W+3]. The first-order chi connectivity index (χ1) is 3.00. The zero-order valence-electron chi connectivity index (χ0n) is 2.90. The Labute approximate surface area is 50.8 Å². The fourth-order valence-corrected chi connectivity index (χ4v) is 0. The summed E-state index contributed by atoms with van der Waals surface area (Å²) in [6, 6.07) is 0. The van der Waals surface area contributed by atoms with Gasteiger partial charge in [-0.3, -0.25) is 0 Å². The van der Waals surface area contributed by atoms with Gasteiger partial charge in [-0.15, -0.1) is 0 Å². The molecular weight excluding hydrogens is 295 g/mol. The first-order valence-corrected chi connectivity index (χ1v) is 3.56. The molecule has 0 aromatic carbocycles. The van der Waals surface area contributed by atoms with Crippen LogP contribution in [0.1, 0.15) is 0 Å². The number of rotatable bonds is 0. The summed E-state index contributed by atoms with van der Waals surface area (Å²) in [5.41, 5.74) is 0. The van der Waals surface area contributed by atoms with Crippen LogP contribution < -0.4 is 14.7 Å². The summed E-state index contributed by atoms with van der Waals surface area (Å²) in [5, 5.41) is 0. The van der Waals surface area contributed by atoms with Crippen LogP contribution in [-0.4, -0.2) is 0 Å². The average molecular weight is 295 g/mol. The molecule has 5 nitrogen and oxygen atoms in total. The molecule has 0 saturated heterocycles. The fourth-order valence-electron chi connectivity index (χ4n) is 0. The van der Waals surface area contributed by atoms with Crippen molar-refractivity contribution in [1.29, 1.82) is 0 Å². The van der Waals surface area contributed by atoms with Crippen molar-refractivity contribution >= 4 is 7.82 Å². The van der Waals surface area contributed by atoms with Gasteiger partial charge >= 0.3 is 23.2 Å². The first kappa shape index (κ1) is 10.6. The molecule has 0 aliphatic carbocycles. The molecule has 7 heavy (non-hydrogen) atoms. The van der Waals surface area contributed by atoms with Crippen LogP contribution in [0.15, 0.2) is 0 Å². The molecule has 0 unspecified atom stereocenters. The standard InChI is InChI=1S/H3O4P.O.W/c1-5(2,3)4;;/h(H3,1,2,3,4);;/q;;+3/p-3. The van der Waals surface area contributed by atoms with E-state index in [0.717, 1.165) is 0 Å². The molecule has 0 N–H and O–H groups in total. The minimum atomic E-state index is -5.39. The topological polar surface area (TPSA) is 103 Å². The molecule has 0 aliphatic heterocycles.